The van der Waals surface area contributed by atoms with Crippen LogP contribution in [-0.2, 0) is 6.54 Å². The van der Waals surface area contributed by atoms with Crippen molar-refractivity contribution < 1.29 is 27.8 Å². The lowest BCUT2D eigenvalue weighted by Gasteiger charge is -2.27. The summed E-state index contributed by atoms with van der Waals surface area (Å²) in [7, 11) is 1.34. The molecule has 7 heteroatoms. The van der Waals surface area contributed by atoms with Crippen LogP contribution in [0.5, 0.6) is 5.75 Å². The average molecular weight is 305 g/mol. The van der Waals surface area contributed by atoms with Crippen LogP contribution in [0.25, 0.3) is 0 Å². The molecule has 0 bridgehead atoms. The van der Waals surface area contributed by atoms with Crippen molar-refractivity contribution in [1.82, 2.24) is 4.90 Å². The van der Waals surface area contributed by atoms with Crippen LogP contribution >= 0.6 is 0 Å². The van der Waals surface area contributed by atoms with Crippen molar-refractivity contribution in [3.8, 4) is 5.75 Å². The molecule has 0 unspecified atom stereocenters. The van der Waals surface area contributed by atoms with Gasteiger partial charge in [-0.3, -0.25) is 4.90 Å². The number of carboxylic acids is 1. The van der Waals surface area contributed by atoms with Crippen LogP contribution in [0.1, 0.15) is 29.8 Å². The summed E-state index contributed by atoms with van der Waals surface area (Å²) in [6.07, 6.45) is -4.30. The Kier molecular flexibility index (Phi) is 5.60. The molecule has 118 valence electrons. The highest BCUT2D eigenvalue weighted by Crippen LogP contribution is 2.23. The Morgan fingerprint density at radius 2 is 2.00 bits per heavy atom. The number of alkyl halides is 3. The van der Waals surface area contributed by atoms with E-state index in [4.69, 9.17) is 9.84 Å². The Labute approximate surface area is 121 Å². The lowest BCUT2D eigenvalue weighted by atomic mass is 10.1. The maximum atomic E-state index is 12.5. The third-order valence-corrected chi connectivity index (χ3v) is 2.99. The molecule has 0 heterocycles. The molecule has 0 aliphatic heterocycles. The van der Waals surface area contributed by atoms with Gasteiger partial charge < -0.3 is 9.84 Å². The van der Waals surface area contributed by atoms with Gasteiger partial charge >= 0.3 is 12.1 Å². The molecule has 1 aromatic carbocycles. The van der Waals surface area contributed by atoms with Crippen molar-refractivity contribution in [1.29, 1.82) is 0 Å². The quantitative estimate of drug-likeness (QED) is 0.877. The number of ether oxygens (including phenoxy) is 1. The molecule has 0 aliphatic carbocycles. The number of halogens is 3. The van der Waals surface area contributed by atoms with Crippen LogP contribution in [0.3, 0.4) is 0 Å². The zero-order valence-electron chi connectivity index (χ0n) is 12.1. The summed E-state index contributed by atoms with van der Waals surface area (Å²) in [4.78, 5) is 12.3. The van der Waals surface area contributed by atoms with Gasteiger partial charge in [0.2, 0.25) is 0 Å². The third-order valence-electron chi connectivity index (χ3n) is 2.99. The minimum absolute atomic E-state index is 0.0153. The van der Waals surface area contributed by atoms with Gasteiger partial charge in [-0.05, 0) is 31.5 Å². The molecule has 1 N–H and O–H groups in total. The Morgan fingerprint density at radius 1 is 1.38 bits per heavy atom. The molecule has 0 aliphatic rings. The van der Waals surface area contributed by atoms with Crippen molar-refractivity contribution in [2.75, 3.05) is 13.7 Å². The van der Waals surface area contributed by atoms with E-state index < -0.39 is 18.7 Å². The zero-order chi connectivity index (χ0) is 16.2. The highest BCUT2D eigenvalue weighted by atomic mass is 19.4. The minimum Gasteiger partial charge on any atom is -0.496 e. The van der Waals surface area contributed by atoms with Gasteiger partial charge in [0.15, 0.2) is 0 Å². The summed E-state index contributed by atoms with van der Waals surface area (Å²) in [5, 5.41) is 9.08. The molecule has 0 aromatic heterocycles. The number of hydrogen-bond donors (Lipinski definition) is 1. The Hall–Kier alpha value is -1.76. The van der Waals surface area contributed by atoms with Gasteiger partial charge in [-0.25, -0.2) is 4.79 Å². The molecule has 0 fully saturated rings. The Balaban J connectivity index is 2.99. The van der Waals surface area contributed by atoms with E-state index in [0.717, 1.165) is 0 Å². The monoisotopic (exact) mass is 305 g/mol. The average Bonchev–Trinajstić information content (AvgIpc) is 2.36. The van der Waals surface area contributed by atoms with E-state index in [9.17, 15) is 18.0 Å². The molecule has 0 spiro atoms. The maximum Gasteiger partial charge on any atom is 0.401 e. The van der Waals surface area contributed by atoms with Crippen molar-refractivity contribution >= 4 is 5.97 Å². The van der Waals surface area contributed by atoms with Gasteiger partial charge in [0.1, 0.15) is 11.3 Å². The molecule has 0 atom stereocenters. The number of aromatic carboxylic acids is 1. The van der Waals surface area contributed by atoms with Gasteiger partial charge in [-0.2, -0.15) is 13.2 Å². The van der Waals surface area contributed by atoms with Crippen LogP contribution in [0.2, 0.25) is 0 Å². The first kappa shape index (κ1) is 17.3. The molecular formula is C14H18F3NO3. The minimum atomic E-state index is -4.30. The zero-order valence-corrected chi connectivity index (χ0v) is 12.1. The van der Waals surface area contributed by atoms with E-state index in [1.807, 2.05) is 0 Å². The van der Waals surface area contributed by atoms with Gasteiger partial charge in [-0.15, -0.1) is 0 Å². The standard InChI is InChI=1S/C14H18F3NO3/c1-9(2)18(8-14(15,16)17)7-10-4-5-12(21-3)11(6-10)13(19)20/h4-6,9H,7-8H2,1-3H3,(H,19,20). The summed E-state index contributed by atoms with van der Waals surface area (Å²) in [6, 6.07) is 4.04. The largest absolute Gasteiger partial charge is 0.496 e. The van der Waals surface area contributed by atoms with Crippen LogP contribution in [-0.4, -0.2) is 41.8 Å². The maximum absolute atomic E-state index is 12.5. The fourth-order valence-electron chi connectivity index (χ4n) is 1.91. The van der Waals surface area contributed by atoms with Crippen molar-refractivity contribution in [2.45, 2.75) is 32.6 Å². The number of hydrogen-bond acceptors (Lipinski definition) is 3. The van der Waals surface area contributed by atoms with E-state index in [1.54, 1.807) is 19.9 Å². The van der Waals surface area contributed by atoms with Gasteiger partial charge in [0.25, 0.3) is 0 Å². The van der Waals surface area contributed by atoms with E-state index in [2.05, 4.69) is 0 Å². The Morgan fingerprint density at radius 3 is 2.43 bits per heavy atom. The number of methoxy groups -OCH3 is 1. The van der Waals surface area contributed by atoms with Crippen LogP contribution < -0.4 is 4.74 Å². The first-order valence-electron chi connectivity index (χ1n) is 6.35. The summed E-state index contributed by atoms with van der Waals surface area (Å²) < 4.78 is 42.5. The number of benzene rings is 1. The summed E-state index contributed by atoms with van der Waals surface area (Å²) in [5.41, 5.74) is 0.428. The van der Waals surface area contributed by atoms with E-state index in [1.165, 1.54) is 24.1 Å². The first-order valence-corrected chi connectivity index (χ1v) is 6.35. The lowest BCUT2D eigenvalue weighted by Crippen LogP contribution is -2.38. The van der Waals surface area contributed by atoms with E-state index in [-0.39, 0.29) is 23.9 Å². The van der Waals surface area contributed by atoms with Crippen LogP contribution in [0.4, 0.5) is 13.2 Å². The van der Waals surface area contributed by atoms with Crippen molar-refractivity contribution in [3.05, 3.63) is 29.3 Å². The van der Waals surface area contributed by atoms with E-state index in [0.29, 0.717) is 5.56 Å². The molecule has 0 saturated carbocycles. The smallest absolute Gasteiger partial charge is 0.401 e. The Bertz CT molecular complexity index is 501. The third kappa shape index (κ3) is 5.26. The normalized spacial score (nSPS) is 12.0. The molecule has 4 nitrogen and oxygen atoms in total. The second-order valence-corrected chi connectivity index (χ2v) is 4.95. The van der Waals surface area contributed by atoms with E-state index >= 15 is 0 Å². The number of nitrogens with zero attached hydrogens (tertiary/aromatic N) is 1. The molecule has 0 saturated heterocycles. The number of rotatable bonds is 6. The summed E-state index contributed by atoms with van der Waals surface area (Å²) >= 11 is 0. The van der Waals surface area contributed by atoms with Crippen molar-refractivity contribution in [2.24, 2.45) is 0 Å². The number of carbonyl (C=O) groups is 1. The summed E-state index contributed by atoms with van der Waals surface area (Å²) in [5.74, 6) is -1.00. The number of carboxylic acid groups (broad SMARTS) is 1. The topological polar surface area (TPSA) is 49.8 Å². The molecular weight excluding hydrogens is 287 g/mol. The van der Waals surface area contributed by atoms with Crippen LogP contribution in [0, 0.1) is 0 Å². The van der Waals surface area contributed by atoms with Crippen LogP contribution in [0.15, 0.2) is 18.2 Å². The molecule has 1 aromatic rings. The molecule has 1 rings (SSSR count). The summed E-state index contributed by atoms with van der Waals surface area (Å²) in [6.45, 7) is 2.29. The molecule has 21 heavy (non-hydrogen) atoms. The fraction of sp³-hybridized carbons (Fsp3) is 0.500. The SMILES string of the molecule is COc1ccc(CN(CC(F)(F)F)C(C)C)cc1C(=O)O. The van der Waals surface area contributed by atoms with Gasteiger partial charge in [0, 0.05) is 12.6 Å². The fourth-order valence-corrected chi connectivity index (χ4v) is 1.91. The predicted molar refractivity (Wildman–Crippen MR) is 71.6 cm³/mol. The second-order valence-electron chi connectivity index (χ2n) is 4.95. The lowest BCUT2D eigenvalue weighted by molar-refractivity contribution is -0.150. The molecule has 0 radical (unpaired) electrons. The van der Waals surface area contributed by atoms with Gasteiger partial charge in [0.05, 0.1) is 13.7 Å². The highest BCUT2D eigenvalue weighted by molar-refractivity contribution is 5.91. The highest BCUT2D eigenvalue weighted by Gasteiger charge is 2.31. The molecule has 0 amide bonds. The van der Waals surface area contributed by atoms with Crippen molar-refractivity contribution in [3.63, 3.8) is 0 Å². The predicted octanol–water partition coefficient (Wildman–Crippen LogP) is 3.17. The first-order chi connectivity index (χ1) is 9.64. The second kappa shape index (κ2) is 6.80. The van der Waals surface area contributed by atoms with Gasteiger partial charge in [-0.1, -0.05) is 6.07 Å².